The van der Waals surface area contributed by atoms with E-state index in [9.17, 15) is 9.59 Å². The van der Waals surface area contributed by atoms with Crippen molar-refractivity contribution in [1.29, 1.82) is 0 Å². The summed E-state index contributed by atoms with van der Waals surface area (Å²) in [6.07, 6.45) is 0.0758. The number of ether oxygens (including phenoxy) is 2. The Hall–Kier alpha value is -1.36. The zero-order valence-electron chi connectivity index (χ0n) is 10.1. The van der Waals surface area contributed by atoms with Crippen LogP contribution in [0.3, 0.4) is 0 Å². The van der Waals surface area contributed by atoms with Gasteiger partial charge >= 0.3 is 11.9 Å². The van der Waals surface area contributed by atoms with Crippen molar-refractivity contribution >= 4 is 11.9 Å². The first-order valence-electron chi connectivity index (χ1n) is 5.06. The Morgan fingerprint density at radius 3 is 2.31 bits per heavy atom. The van der Waals surface area contributed by atoms with Gasteiger partial charge in [0.1, 0.15) is 13.2 Å². The molecule has 0 N–H and O–H groups in total. The molecule has 0 aliphatic carbocycles. The van der Waals surface area contributed by atoms with E-state index < -0.39 is 5.97 Å². The fraction of sp³-hybridized carbons (Fsp3) is 0.636. The summed E-state index contributed by atoms with van der Waals surface area (Å²) in [4.78, 5) is 24.0. The first-order chi connectivity index (χ1) is 7.43. The molecule has 16 heavy (non-hydrogen) atoms. The zero-order chi connectivity index (χ0) is 12.6. The molecule has 0 saturated carbocycles. The van der Waals surface area contributed by atoms with Crippen molar-refractivity contribution in [3.05, 3.63) is 12.2 Å². The van der Waals surface area contributed by atoms with Gasteiger partial charge in [-0.3, -0.25) is 4.79 Å². The second-order valence-electron chi connectivity index (χ2n) is 3.69. The van der Waals surface area contributed by atoms with Crippen LogP contribution in [-0.4, -0.2) is 50.7 Å². The molecular formula is C11H19NO4. The second kappa shape index (κ2) is 7.87. The molecule has 0 unspecified atom stereocenters. The van der Waals surface area contributed by atoms with E-state index in [1.165, 1.54) is 0 Å². The van der Waals surface area contributed by atoms with Crippen molar-refractivity contribution in [2.24, 2.45) is 0 Å². The molecule has 0 saturated heterocycles. The maximum atomic E-state index is 11.1. The number of esters is 2. The molecule has 92 valence electrons. The van der Waals surface area contributed by atoms with Gasteiger partial charge in [0, 0.05) is 12.1 Å². The van der Waals surface area contributed by atoms with Crippen LogP contribution in [0.15, 0.2) is 12.2 Å². The van der Waals surface area contributed by atoms with Crippen LogP contribution in [-0.2, 0) is 19.1 Å². The average molecular weight is 229 g/mol. The number of rotatable bonds is 7. The van der Waals surface area contributed by atoms with Crippen LogP contribution in [0.5, 0.6) is 0 Å². The summed E-state index contributed by atoms with van der Waals surface area (Å²) in [6, 6.07) is 0. The molecule has 0 aromatic heterocycles. The lowest BCUT2D eigenvalue weighted by molar-refractivity contribution is -0.147. The Morgan fingerprint density at radius 1 is 1.19 bits per heavy atom. The summed E-state index contributed by atoms with van der Waals surface area (Å²) < 4.78 is 9.65. The number of likely N-dealkylation sites (N-methyl/N-ethyl adjacent to an activating group) is 1. The topological polar surface area (TPSA) is 55.8 Å². The van der Waals surface area contributed by atoms with E-state index in [-0.39, 0.29) is 19.0 Å². The third-order valence-electron chi connectivity index (χ3n) is 1.69. The molecule has 5 heteroatoms. The summed E-state index contributed by atoms with van der Waals surface area (Å²) >= 11 is 0. The zero-order valence-corrected chi connectivity index (χ0v) is 10.1. The third kappa shape index (κ3) is 7.99. The molecule has 0 heterocycles. The SMILES string of the molecule is C=C(C)C(=O)OCCC(=O)OCCN(C)C. The van der Waals surface area contributed by atoms with Gasteiger partial charge in [-0.05, 0) is 21.0 Å². The van der Waals surface area contributed by atoms with Crippen molar-refractivity contribution < 1.29 is 19.1 Å². The standard InChI is InChI=1S/C11H19NO4/c1-9(2)11(14)16-7-5-10(13)15-8-6-12(3)4/h1,5-8H2,2-4H3. The van der Waals surface area contributed by atoms with E-state index in [1.807, 2.05) is 19.0 Å². The van der Waals surface area contributed by atoms with E-state index in [4.69, 9.17) is 9.47 Å². The molecule has 0 aromatic carbocycles. The first kappa shape index (κ1) is 14.6. The third-order valence-corrected chi connectivity index (χ3v) is 1.69. The molecule has 0 spiro atoms. The van der Waals surface area contributed by atoms with Crippen LogP contribution < -0.4 is 0 Å². The molecule has 0 amide bonds. The van der Waals surface area contributed by atoms with Gasteiger partial charge in [0.2, 0.25) is 0 Å². The maximum absolute atomic E-state index is 11.1. The molecule has 0 aromatic rings. The van der Waals surface area contributed by atoms with Crippen molar-refractivity contribution in [3.8, 4) is 0 Å². The average Bonchev–Trinajstić information content (AvgIpc) is 2.16. The highest BCUT2D eigenvalue weighted by Crippen LogP contribution is 1.94. The van der Waals surface area contributed by atoms with E-state index >= 15 is 0 Å². The van der Waals surface area contributed by atoms with Gasteiger partial charge in [0.25, 0.3) is 0 Å². The van der Waals surface area contributed by atoms with Crippen molar-refractivity contribution in [1.82, 2.24) is 4.90 Å². The van der Waals surface area contributed by atoms with E-state index in [1.54, 1.807) is 6.92 Å². The van der Waals surface area contributed by atoms with Gasteiger partial charge in [-0.25, -0.2) is 4.79 Å². The van der Waals surface area contributed by atoms with Gasteiger partial charge in [-0.15, -0.1) is 0 Å². The first-order valence-corrected chi connectivity index (χ1v) is 5.06. The van der Waals surface area contributed by atoms with Crippen LogP contribution in [0.2, 0.25) is 0 Å². The summed E-state index contributed by atoms with van der Waals surface area (Å²) in [5.41, 5.74) is 0.320. The van der Waals surface area contributed by atoms with E-state index in [2.05, 4.69) is 6.58 Å². The minimum absolute atomic E-state index is 0.0342. The highest BCUT2D eigenvalue weighted by atomic mass is 16.5. The highest BCUT2D eigenvalue weighted by Gasteiger charge is 2.06. The number of carbonyl (C=O) groups is 2. The van der Waals surface area contributed by atoms with E-state index in [0.717, 1.165) is 0 Å². The molecule has 0 bridgehead atoms. The van der Waals surface area contributed by atoms with Gasteiger partial charge in [0.05, 0.1) is 6.42 Å². The monoisotopic (exact) mass is 229 g/mol. The molecular weight excluding hydrogens is 210 g/mol. The minimum Gasteiger partial charge on any atom is -0.464 e. The van der Waals surface area contributed by atoms with Crippen LogP contribution >= 0.6 is 0 Å². The molecule has 0 aliphatic heterocycles. The van der Waals surface area contributed by atoms with Crippen molar-refractivity contribution in [2.45, 2.75) is 13.3 Å². The predicted octanol–water partition coefficient (Wildman–Crippen LogP) is 0.601. The smallest absolute Gasteiger partial charge is 0.333 e. The van der Waals surface area contributed by atoms with Crippen LogP contribution in [0.4, 0.5) is 0 Å². The lowest BCUT2D eigenvalue weighted by atomic mass is 10.4. The van der Waals surface area contributed by atoms with Crippen LogP contribution in [0.1, 0.15) is 13.3 Å². The molecule has 5 nitrogen and oxygen atoms in total. The fourth-order valence-electron chi connectivity index (χ4n) is 0.764. The van der Waals surface area contributed by atoms with Crippen LogP contribution in [0, 0.1) is 0 Å². The van der Waals surface area contributed by atoms with E-state index in [0.29, 0.717) is 18.7 Å². The lowest BCUT2D eigenvalue weighted by Gasteiger charge is -2.09. The van der Waals surface area contributed by atoms with Crippen molar-refractivity contribution in [2.75, 3.05) is 33.9 Å². The quantitative estimate of drug-likeness (QED) is 0.472. The largest absolute Gasteiger partial charge is 0.464 e. The molecule has 0 fully saturated rings. The highest BCUT2D eigenvalue weighted by molar-refractivity contribution is 5.87. The number of hydrogen-bond acceptors (Lipinski definition) is 5. The molecule has 0 atom stereocenters. The lowest BCUT2D eigenvalue weighted by Crippen LogP contribution is -2.20. The maximum Gasteiger partial charge on any atom is 0.333 e. The van der Waals surface area contributed by atoms with Gasteiger partial charge in [-0.2, -0.15) is 0 Å². The Balaban J connectivity index is 3.51. The Bertz CT molecular complexity index is 261. The number of hydrogen-bond donors (Lipinski definition) is 0. The van der Waals surface area contributed by atoms with Gasteiger partial charge < -0.3 is 14.4 Å². The van der Waals surface area contributed by atoms with Crippen molar-refractivity contribution in [3.63, 3.8) is 0 Å². The van der Waals surface area contributed by atoms with Gasteiger partial charge in [0.15, 0.2) is 0 Å². The molecule has 0 aliphatic rings. The summed E-state index contributed by atoms with van der Waals surface area (Å²) in [7, 11) is 3.78. The Kier molecular flexibility index (Phi) is 7.20. The predicted molar refractivity (Wildman–Crippen MR) is 59.9 cm³/mol. The summed E-state index contributed by atoms with van der Waals surface area (Å²) in [6.45, 7) is 6.04. The molecule has 0 rings (SSSR count). The van der Waals surface area contributed by atoms with Gasteiger partial charge in [-0.1, -0.05) is 6.58 Å². The number of carbonyl (C=O) groups excluding carboxylic acids is 2. The molecule has 0 radical (unpaired) electrons. The Labute approximate surface area is 96.0 Å². The normalized spacial score (nSPS) is 10.0. The van der Waals surface area contributed by atoms with Crippen LogP contribution in [0.25, 0.3) is 0 Å². The minimum atomic E-state index is -0.485. The summed E-state index contributed by atoms with van der Waals surface area (Å²) in [5.74, 6) is -0.850. The summed E-state index contributed by atoms with van der Waals surface area (Å²) in [5, 5.41) is 0. The number of nitrogens with zero attached hydrogens (tertiary/aromatic N) is 1. The fourth-order valence-corrected chi connectivity index (χ4v) is 0.764. The Morgan fingerprint density at radius 2 is 1.81 bits per heavy atom. The second-order valence-corrected chi connectivity index (χ2v) is 3.69.